The molecule has 1 aromatic rings. The summed E-state index contributed by atoms with van der Waals surface area (Å²) in [6.45, 7) is 2.26. The molecule has 5 heterocycles. The van der Waals surface area contributed by atoms with E-state index in [4.69, 9.17) is 15.8 Å². The van der Waals surface area contributed by atoms with Gasteiger partial charge >= 0.3 is 29.6 Å². The number of hydrogen-bond donors (Lipinski definition) is 3. The Balaban J connectivity index is 0.00000480. The zero-order valence-corrected chi connectivity index (χ0v) is 28.0. The van der Waals surface area contributed by atoms with Crippen LogP contribution in [-0.2, 0) is 24.0 Å². The number of fused-ring (bicyclic) bond motifs is 1. The number of aromatic nitrogens is 1. The van der Waals surface area contributed by atoms with Crippen LogP contribution in [-0.4, -0.2) is 74.5 Å². The molecular weight excluding hydrogens is 647 g/mol. The van der Waals surface area contributed by atoms with Crippen molar-refractivity contribution in [1.82, 2.24) is 25.4 Å². The molecule has 2 atom stereocenters. The Morgan fingerprint density at radius 2 is 2.07 bits per heavy atom. The number of amides is 3. The largest absolute Gasteiger partial charge is 1.00 e. The SMILES string of the molecule is CCO/N=C(\C(=O)N[C@@H]1C(=O)N2C(C(=O)[O-])=C(C=CCN3C=CC(=C4C=C(C(=O)NC#N)N=N4)C=C3)CS[C@H]12)c1csc(N)n1.[Na+]. The Morgan fingerprint density at radius 1 is 1.30 bits per heavy atom. The minimum atomic E-state index is -1.51. The molecule has 230 valence electrons. The zero-order chi connectivity index (χ0) is 32.1. The number of nitriles is 1. The topological polar surface area (TPSA) is 231 Å². The number of carbonyl (C=O) groups excluding carboxylic acids is 4. The molecule has 0 aliphatic carbocycles. The summed E-state index contributed by atoms with van der Waals surface area (Å²) in [6.07, 6.45) is 13.4. The van der Waals surface area contributed by atoms with Gasteiger partial charge in [0.25, 0.3) is 17.7 Å². The van der Waals surface area contributed by atoms with Crippen LogP contribution < -0.4 is 51.0 Å². The fourth-order valence-corrected chi connectivity index (χ4v) is 6.29. The Hall–Kier alpha value is -4.54. The van der Waals surface area contributed by atoms with Gasteiger partial charge in [0.05, 0.1) is 17.4 Å². The molecule has 0 aromatic carbocycles. The number of oxime groups is 1. The number of hydrogen-bond acceptors (Lipinski definition) is 15. The number of thioether (sulfide) groups is 1. The molecule has 0 radical (unpaired) electrons. The van der Waals surface area contributed by atoms with Crippen LogP contribution in [0.15, 0.2) is 91.8 Å². The second-order valence-electron chi connectivity index (χ2n) is 9.32. The number of nitrogens with zero attached hydrogens (tertiary/aromatic N) is 7. The zero-order valence-electron chi connectivity index (χ0n) is 24.4. The molecular formula is C27H23N10NaO6S2. The van der Waals surface area contributed by atoms with E-state index in [1.807, 2.05) is 10.2 Å². The van der Waals surface area contributed by atoms with Crippen molar-refractivity contribution in [2.24, 2.45) is 15.4 Å². The summed E-state index contributed by atoms with van der Waals surface area (Å²) in [6, 6.07) is -0.997. The number of thiazole rings is 1. The van der Waals surface area contributed by atoms with Crippen LogP contribution in [0.2, 0.25) is 0 Å². The Bertz CT molecular complexity index is 1740. The third-order valence-electron chi connectivity index (χ3n) is 6.51. The molecule has 0 saturated carbocycles. The summed E-state index contributed by atoms with van der Waals surface area (Å²) in [5, 5.41) is 38.0. The number of azo groups is 1. The summed E-state index contributed by atoms with van der Waals surface area (Å²) in [5.74, 6) is -3.22. The quantitative estimate of drug-likeness (QED) is 0.0566. The second kappa shape index (κ2) is 15.2. The van der Waals surface area contributed by atoms with E-state index in [1.165, 1.54) is 23.2 Å². The van der Waals surface area contributed by atoms with E-state index in [2.05, 4.69) is 25.7 Å². The Morgan fingerprint density at radius 3 is 2.72 bits per heavy atom. The Kier molecular flexibility index (Phi) is 11.3. The predicted molar refractivity (Wildman–Crippen MR) is 160 cm³/mol. The summed E-state index contributed by atoms with van der Waals surface area (Å²) < 4.78 is 0. The molecule has 0 bridgehead atoms. The van der Waals surface area contributed by atoms with Gasteiger partial charge in [-0.1, -0.05) is 17.3 Å². The number of aliphatic carboxylic acids is 1. The van der Waals surface area contributed by atoms with Crippen LogP contribution in [0.4, 0.5) is 5.13 Å². The van der Waals surface area contributed by atoms with E-state index in [0.717, 1.165) is 16.2 Å². The predicted octanol–water partition coefficient (Wildman–Crippen LogP) is -3.03. The first-order valence-electron chi connectivity index (χ1n) is 13.2. The van der Waals surface area contributed by atoms with E-state index in [-0.39, 0.29) is 69.8 Å². The molecule has 5 rings (SSSR count). The van der Waals surface area contributed by atoms with E-state index < -0.39 is 35.1 Å². The van der Waals surface area contributed by atoms with Gasteiger partial charge in [-0.15, -0.1) is 33.3 Å². The van der Waals surface area contributed by atoms with E-state index >= 15 is 0 Å². The first-order chi connectivity index (χ1) is 21.7. The van der Waals surface area contributed by atoms with Crippen molar-refractivity contribution in [3.63, 3.8) is 0 Å². The van der Waals surface area contributed by atoms with Crippen molar-refractivity contribution < 1.29 is 58.7 Å². The van der Waals surface area contributed by atoms with E-state index in [0.29, 0.717) is 23.4 Å². The summed E-state index contributed by atoms with van der Waals surface area (Å²) in [7, 11) is 0. The van der Waals surface area contributed by atoms with Gasteiger partial charge in [0.2, 0.25) is 0 Å². The molecule has 4 aliphatic heterocycles. The molecule has 1 aromatic heterocycles. The number of nitrogens with two attached hydrogens (primary N) is 1. The van der Waals surface area contributed by atoms with Crippen LogP contribution in [0.1, 0.15) is 12.6 Å². The van der Waals surface area contributed by atoms with Gasteiger partial charge in [-0.2, -0.15) is 5.26 Å². The third-order valence-corrected chi connectivity index (χ3v) is 8.48. The summed E-state index contributed by atoms with van der Waals surface area (Å²) >= 11 is 2.41. The molecule has 19 heteroatoms. The van der Waals surface area contributed by atoms with Gasteiger partial charge in [0, 0.05) is 35.7 Å². The number of nitrogen functional groups attached to an aromatic ring is 1. The smallest absolute Gasteiger partial charge is 0.543 e. The number of anilines is 1. The van der Waals surface area contributed by atoms with Gasteiger partial charge in [-0.05, 0) is 30.7 Å². The van der Waals surface area contributed by atoms with Crippen LogP contribution in [0.25, 0.3) is 0 Å². The molecule has 3 amide bonds. The number of carbonyl (C=O) groups is 4. The van der Waals surface area contributed by atoms with Crippen molar-refractivity contribution in [3.8, 4) is 6.19 Å². The summed E-state index contributed by atoms with van der Waals surface area (Å²) in [4.78, 5) is 62.0. The van der Waals surface area contributed by atoms with Gasteiger partial charge in [0.1, 0.15) is 23.7 Å². The van der Waals surface area contributed by atoms with Crippen molar-refractivity contribution >= 4 is 57.6 Å². The summed E-state index contributed by atoms with van der Waals surface area (Å²) in [5.41, 5.74) is 7.02. The number of carboxylic acids is 1. The van der Waals surface area contributed by atoms with Crippen molar-refractivity contribution in [3.05, 3.63) is 82.1 Å². The maximum atomic E-state index is 13.1. The molecule has 4 N–H and O–H groups in total. The number of nitrogens with one attached hydrogen (secondary N) is 2. The van der Waals surface area contributed by atoms with Crippen molar-refractivity contribution in [2.45, 2.75) is 18.3 Å². The minimum Gasteiger partial charge on any atom is -0.543 e. The van der Waals surface area contributed by atoms with Gasteiger partial charge in [0.15, 0.2) is 22.7 Å². The normalized spacial score (nSPS) is 20.2. The standard InChI is InChI=1S/C27H24N10O6S2.Na/c1-2-43-35-19(18-12-45-27(29)31-18)23(39)32-20-24(40)37-21(26(41)42)15(11-44-25(20)37)4-3-7-36-8-5-14(6-9-36)16-10-17(34-33-16)22(38)30-13-28;/h3-6,8-10,12,20,25H,2,7,11H2,1H3,(H2,29,31)(H,30,38)(H,32,39)(H,41,42);/q;+1/p-1/b4-3?,35-19-;/t20-,25-;/m1./s1. The van der Waals surface area contributed by atoms with E-state index in [9.17, 15) is 24.3 Å². The molecule has 4 aliphatic rings. The van der Waals surface area contributed by atoms with Crippen LogP contribution >= 0.6 is 23.1 Å². The van der Waals surface area contributed by atoms with Crippen LogP contribution in [0.5, 0.6) is 0 Å². The molecule has 16 nitrogen and oxygen atoms in total. The average Bonchev–Trinajstić information content (AvgIpc) is 3.70. The first-order valence-corrected chi connectivity index (χ1v) is 15.1. The first kappa shape index (κ1) is 34.3. The number of rotatable bonds is 10. The molecule has 0 spiro atoms. The molecule has 1 fully saturated rings. The van der Waals surface area contributed by atoms with Crippen LogP contribution in [0.3, 0.4) is 0 Å². The van der Waals surface area contributed by atoms with Gasteiger partial charge in [-0.3, -0.25) is 24.6 Å². The molecule has 1 saturated heterocycles. The second-order valence-corrected chi connectivity index (χ2v) is 11.3. The maximum Gasteiger partial charge on any atom is 1.00 e. The fraction of sp³-hybridized carbons (Fsp3) is 0.222. The van der Waals surface area contributed by atoms with Gasteiger partial charge < -0.3 is 30.7 Å². The molecule has 46 heavy (non-hydrogen) atoms. The van der Waals surface area contributed by atoms with Crippen molar-refractivity contribution in [1.29, 1.82) is 5.26 Å². The average molecular weight is 671 g/mol. The molecule has 0 unspecified atom stereocenters. The monoisotopic (exact) mass is 670 g/mol. The third kappa shape index (κ3) is 7.29. The maximum absolute atomic E-state index is 13.1. The fourth-order valence-electron chi connectivity index (χ4n) is 4.43. The van der Waals surface area contributed by atoms with Crippen molar-refractivity contribution in [2.75, 3.05) is 24.6 Å². The van der Waals surface area contributed by atoms with E-state index in [1.54, 1.807) is 49.8 Å². The van der Waals surface area contributed by atoms with Gasteiger partial charge in [-0.25, -0.2) is 4.98 Å². The minimum absolute atomic E-state index is 0. The number of allylic oxidation sites excluding steroid dienone is 5. The number of carboxylic acid groups (broad SMARTS) is 1. The number of β-lactam (4-membered cyclic amide) rings is 1. The Labute approximate surface area is 292 Å². The van der Waals surface area contributed by atoms with Crippen LogP contribution in [0, 0.1) is 11.5 Å².